The van der Waals surface area contributed by atoms with Gasteiger partial charge in [-0.2, -0.15) is 0 Å². The first-order valence-corrected chi connectivity index (χ1v) is 14.6. The van der Waals surface area contributed by atoms with Crippen molar-refractivity contribution in [2.24, 2.45) is 0 Å². The van der Waals surface area contributed by atoms with Crippen LogP contribution in [-0.4, -0.2) is 10.4 Å². The molecule has 2 aromatic heterocycles. The Bertz CT molecular complexity index is 2340. The number of aromatic nitrogens is 1. The molecule has 0 amide bonds. The first-order valence-electron chi connectivity index (χ1n) is 14.6. The second kappa shape index (κ2) is 8.76. The lowest BCUT2D eigenvalue weighted by molar-refractivity contribution is -0.0778. The van der Waals surface area contributed by atoms with Crippen LogP contribution in [0.2, 0.25) is 0 Å². The molecule has 0 saturated carbocycles. The van der Waals surface area contributed by atoms with Crippen LogP contribution in [0.5, 0.6) is 11.5 Å². The van der Waals surface area contributed by atoms with Crippen LogP contribution in [0, 0.1) is 0 Å². The van der Waals surface area contributed by atoms with Crippen LogP contribution >= 0.6 is 0 Å². The normalized spacial score (nSPS) is 13.9. The molecule has 6 aromatic carbocycles. The Balaban J connectivity index is 1.21. The van der Waals surface area contributed by atoms with Crippen LogP contribution in [0.3, 0.4) is 0 Å². The molecule has 0 saturated heterocycles. The maximum atomic E-state index is 6.54. The maximum Gasteiger partial charge on any atom is 0.245 e. The minimum Gasteiger partial charge on any atom is -0.456 e. The topological polar surface area (TPSA) is 36.5 Å². The standard InChI is InChI=1S/C39H27NO3/c1-39(2)42-36-20-17-26(40-33-12-6-3-9-27(33)28-10-4-7-13-34(28)40)23-32(36)31-19-16-25(22-38(31)43-39)24-15-18-30-29-11-5-8-14-35(29)41-37(30)21-24/h3-23H,1-2H3. The maximum absolute atomic E-state index is 6.54. The first kappa shape index (κ1) is 24.2. The van der Waals surface area contributed by atoms with E-state index in [0.717, 1.165) is 61.4 Å². The molecule has 1 aliphatic heterocycles. The van der Waals surface area contributed by atoms with Crippen molar-refractivity contribution in [1.82, 2.24) is 4.57 Å². The Hall–Kier alpha value is -5.48. The van der Waals surface area contributed by atoms with E-state index < -0.39 is 5.79 Å². The molecule has 0 spiro atoms. The number of nitrogens with zero attached hydrogens (tertiary/aromatic N) is 1. The van der Waals surface area contributed by atoms with Crippen molar-refractivity contribution < 1.29 is 13.9 Å². The molecule has 1 aliphatic rings. The van der Waals surface area contributed by atoms with Gasteiger partial charge in [0.25, 0.3) is 0 Å². The van der Waals surface area contributed by atoms with Crippen molar-refractivity contribution in [3.8, 4) is 39.4 Å². The first-order chi connectivity index (χ1) is 21.0. The summed E-state index contributed by atoms with van der Waals surface area (Å²) in [5.74, 6) is 0.727. The Labute approximate surface area is 248 Å². The van der Waals surface area contributed by atoms with E-state index in [-0.39, 0.29) is 0 Å². The van der Waals surface area contributed by atoms with Crippen LogP contribution in [0.1, 0.15) is 13.8 Å². The molecule has 0 N–H and O–H groups in total. The second-order valence-corrected chi connectivity index (χ2v) is 11.7. The molecule has 0 bridgehead atoms. The molecular weight excluding hydrogens is 530 g/mol. The van der Waals surface area contributed by atoms with Gasteiger partial charge in [-0.3, -0.25) is 0 Å². The smallest absolute Gasteiger partial charge is 0.245 e. The summed E-state index contributed by atoms with van der Waals surface area (Å²) in [5, 5.41) is 4.72. The highest BCUT2D eigenvalue weighted by Gasteiger charge is 2.30. The van der Waals surface area contributed by atoms with Crippen molar-refractivity contribution in [1.29, 1.82) is 0 Å². The van der Waals surface area contributed by atoms with Gasteiger partial charge in [0, 0.05) is 52.2 Å². The van der Waals surface area contributed by atoms with Crippen molar-refractivity contribution >= 4 is 43.7 Å². The highest BCUT2D eigenvalue weighted by molar-refractivity contribution is 6.09. The highest BCUT2D eigenvalue weighted by atomic mass is 16.7. The molecule has 0 aliphatic carbocycles. The molecule has 9 rings (SSSR count). The lowest BCUT2D eigenvalue weighted by Gasteiger charge is -2.25. The van der Waals surface area contributed by atoms with Crippen molar-refractivity contribution in [3.63, 3.8) is 0 Å². The largest absolute Gasteiger partial charge is 0.456 e. The number of para-hydroxylation sites is 3. The Kier molecular flexibility index (Phi) is 4.92. The fraction of sp³-hybridized carbons (Fsp3) is 0.0769. The van der Waals surface area contributed by atoms with Crippen LogP contribution < -0.4 is 9.47 Å². The Morgan fingerprint density at radius 1 is 0.488 bits per heavy atom. The van der Waals surface area contributed by atoms with Crippen LogP contribution in [0.4, 0.5) is 0 Å². The minimum atomic E-state index is -0.852. The van der Waals surface area contributed by atoms with Gasteiger partial charge in [0.15, 0.2) is 0 Å². The van der Waals surface area contributed by atoms with E-state index in [1.54, 1.807) is 0 Å². The summed E-state index contributed by atoms with van der Waals surface area (Å²) in [6, 6.07) is 44.6. The zero-order chi connectivity index (χ0) is 28.7. The van der Waals surface area contributed by atoms with E-state index in [4.69, 9.17) is 13.9 Å². The number of hydrogen-bond donors (Lipinski definition) is 0. The summed E-state index contributed by atoms with van der Waals surface area (Å²) in [6.45, 7) is 3.92. The molecular formula is C39H27NO3. The summed E-state index contributed by atoms with van der Waals surface area (Å²) >= 11 is 0. The number of ether oxygens (including phenoxy) is 2. The number of fused-ring (bicyclic) bond motifs is 9. The lowest BCUT2D eigenvalue weighted by Crippen LogP contribution is -2.34. The number of benzene rings is 6. The van der Waals surface area contributed by atoms with Gasteiger partial charge >= 0.3 is 0 Å². The third kappa shape index (κ3) is 3.70. The molecule has 4 nitrogen and oxygen atoms in total. The predicted octanol–water partition coefficient (Wildman–Crippen LogP) is 10.5. The van der Waals surface area contributed by atoms with Gasteiger partial charge in [-0.1, -0.05) is 66.7 Å². The fourth-order valence-corrected chi connectivity index (χ4v) is 6.62. The molecule has 0 atom stereocenters. The molecule has 0 radical (unpaired) electrons. The number of hydrogen-bond acceptors (Lipinski definition) is 3. The van der Waals surface area contributed by atoms with Gasteiger partial charge in [0.05, 0.1) is 11.0 Å². The average molecular weight is 558 g/mol. The molecule has 3 heterocycles. The van der Waals surface area contributed by atoms with Crippen LogP contribution in [0.25, 0.3) is 71.7 Å². The van der Waals surface area contributed by atoms with Gasteiger partial charge in [-0.25, -0.2) is 0 Å². The summed E-state index contributed by atoms with van der Waals surface area (Å²) in [4.78, 5) is 0. The average Bonchev–Trinajstić information content (AvgIpc) is 3.53. The second-order valence-electron chi connectivity index (χ2n) is 11.7. The molecule has 8 aromatic rings. The zero-order valence-electron chi connectivity index (χ0n) is 23.8. The summed E-state index contributed by atoms with van der Waals surface area (Å²) in [6.07, 6.45) is 0. The zero-order valence-corrected chi connectivity index (χ0v) is 23.8. The van der Waals surface area contributed by atoms with E-state index in [2.05, 4.69) is 114 Å². The molecule has 0 unspecified atom stereocenters. The summed E-state index contributed by atoms with van der Waals surface area (Å²) in [5.41, 5.74) is 9.31. The molecule has 43 heavy (non-hydrogen) atoms. The lowest BCUT2D eigenvalue weighted by atomic mass is 9.97. The number of rotatable bonds is 2. The third-order valence-electron chi connectivity index (χ3n) is 8.50. The SMILES string of the molecule is CC1(C)Oc2cc(-c3ccc4c(c3)oc3ccccc34)ccc2-c2cc(-n3c4ccccc4c4ccccc43)ccc2O1. The fourth-order valence-electron chi connectivity index (χ4n) is 6.62. The molecule has 4 heteroatoms. The van der Waals surface area contributed by atoms with E-state index in [1.807, 2.05) is 32.0 Å². The summed E-state index contributed by atoms with van der Waals surface area (Å²) in [7, 11) is 0. The van der Waals surface area contributed by atoms with Crippen molar-refractivity contribution in [3.05, 3.63) is 127 Å². The van der Waals surface area contributed by atoms with Gasteiger partial charge in [0.2, 0.25) is 5.79 Å². The van der Waals surface area contributed by atoms with Gasteiger partial charge in [-0.15, -0.1) is 0 Å². The van der Waals surface area contributed by atoms with E-state index in [0.29, 0.717) is 0 Å². The predicted molar refractivity (Wildman–Crippen MR) is 174 cm³/mol. The van der Waals surface area contributed by atoms with Crippen molar-refractivity contribution in [2.45, 2.75) is 19.6 Å². The minimum absolute atomic E-state index is 0.783. The van der Waals surface area contributed by atoms with E-state index in [1.165, 1.54) is 21.8 Å². The van der Waals surface area contributed by atoms with Gasteiger partial charge in [-0.05, 0) is 71.8 Å². The highest BCUT2D eigenvalue weighted by Crippen LogP contribution is 2.46. The third-order valence-corrected chi connectivity index (χ3v) is 8.50. The number of furan rings is 1. The monoisotopic (exact) mass is 557 g/mol. The Morgan fingerprint density at radius 2 is 1.12 bits per heavy atom. The molecule has 0 fully saturated rings. The van der Waals surface area contributed by atoms with Gasteiger partial charge in [0.1, 0.15) is 22.7 Å². The van der Waals surface area contributed by atoms with E-state index in [9.17, 15) is 0 Å². The van der Waals surface area contributed by atoms with E-state index >= 15 is 0 Å². The van der Waals surface area contributed by atoms with Crippen molar-refractivity contribution in [2.75, 3.05) is 0 Å². The summed E-state index contributed by atoms with van der Waals surface area (Å²) < 4.78 is 21.5. The van der Waals surface area contributed by atoms with Gasteiger partial charge < -0.3 is 18.5 Å². The molecule has 206 valence electrons. The Morgan fingerprint density at radius 3 is 1.91 bits per heavy atom. The van der Waals surface area contributed by atoms with Crippen LogP contribution in [-0.2, 0) is 0 Å². The quantitative estimate of drug-likeness (QED) is 0.212. The van der Waals surface area contributed by atoms with Crippen LogP contribution in [0.15, 0.2) is 132 Å².